The quantitative estimate of drug-likeness (QED) is 0.620. The molecule has 0 radical (unpaired) electrons. The van der Waals surface area contributed by atoms with E-state index in [9.17, 15) is 4.79 Å². The summed E-state index contributed by atoms with van der Waals surface area (Å²) in [6, 6.07) is 20.0. The molecule has 0 aliphatic rings. The summed E-state index contributed by atoms with van der Waals surface area (Å²) in [5.74, 6) is 0.0153. The smallest absolute Gasteiger partial charge is 0.246 e. The molecule has 0 fully saturated rings. The Balaban J connectivity index is 2.00. The Morgan fingerprint density at radius 3 is 2.23 bits per heavy atom. The van der Waals surface area contributed by atoms with Crippen LogP contribution < -0.4 is 0 Å². The maximum absolute atomic E-state index is 12.3. The molecule has 1 amide bonds. The third kappa shape index (κ3) is 3.91. The average molecular weight is 345 g/mol. The Morgan fingerprint density at radius 1 is 1.00 bits per heavy atom. The van der Waals surface area contributed by atoms with E-state index in [1.807, 2.05) is 91.5 Å². The molecule has 3 aromatic rings. The fourth-order valence-corrected chi connectivity index (χ4v) is 2.84. The average Bonchev–Trinajstić information content (AvgIpc) is 3.13. The SMILES string of the molecule is CCN(CC)C(=O)/C=C/c1cn(-c2ccccc2)nc1-c1ccccc1. The van der Waals surface area contributed by atoms with Crippen molar-refractivity contribution in [1.82, 2.24) is 14.7 Å². The van der Waals surface area contributed by atoms with E-state index < -0.39 is 0 Å². The molecular formula is C22H23N3O. The van der Waals surface area contributed by atoms with Crippen molar-refractivity contribution in [3.63, 3.8) is 0 Å². The minimum Gasteiger partial charge on any atom is -0.340 e. The largest absolute Gasteiger partial charge is 0.340 e. The molecular weight excluding hydrogens is 322 g/mol. The van der Waals surface area contributed by atoms with Crippen LogP contribution in [0.25, 0.3) is 23.0 Å². The highest BCUT2D eigenvalue weighted by atomic mass is 16.2. The van der Waals surface area contributed by atoms with Gasteiger partial charge in [-0.05, 0) is 32.1 Å². The van der Waals surface area contributed by atoms with E-state index in [0.29, 0.717) is 13.1 Å². The van der Waals surface area contributed by atoms with E-state index in [1.54, 1.807) is 11.0 Å². The number of amides is 1. The topological polar surface area (TPSA) is 38.1 Å². The van der Waals surface area contributed by atoms with Gasteiger partial charge in [0, 0.05) is 36.5 Å². The summed E-state index contributed by atoms with van der Waals surface area (Å²) in [4.78, 5) is 14.1. The molecule has 0 aliphatic heterocycles. The lowest BCUT2D eigenvalue weighted by atomic mass is 10.1. The van der Waals surface area contributed by atoms with Crippen LogP contribution in [-0.4, -0.2) is 33.7 Å². The van der Waals surface area contributed by atoms with E-state index in [4.69, 9.17) is 5.10 Å². The summed E-state index contributed by atoms with van der Waals surface area (Å²) in [5.41, 5.74) is 3.79. The third-order valence-corrected chi connectivity index (χ3v) is 4.29. The van der Waals surface area contributed by atoms with Crippen molar-refractivity contribution in [2.45, 2.75) is 13.8 Å². The molecule has 0 aliphatic carbocycles. The lowest BCUT2D eigenvalue weighted by Crippen LogP contribution is -2.28. The van der Waals surface area contributed by atoms with Crippen LogP contribution in [0, 0.1) is 0 Å². The van der Waals surface area contributed by atoms with Gasteiger partial charge in [0.2, 0.25) is 5.91 Å². The molecule has 26 heavy (non-hydrogen) atoms. The van der Waals surface area contributed by atoms with Gasteiger partial charge < -0.3 is 4.90 Å². The fourth-order valence-electron chi connectivity index (χ4n) is 2.84. The lowest BCUT2D eigenvalue weighted by Gasteiger charge is -2.15. The van der Waals surface area contributed by atoms with Gasteiger partial charge >= 0.3 is 0 Å². The van der Waals surface area contributed by atoms with E-state index in [2.05, 4.69) is 0 Å². The van der Waals surface area contributed by atoms with Crippen molar-refractivity contribution < 1.29 is 4.79 Å². The second-order valence-electron chi connectivity index (χ2n) is 5.92. The predicted molar refractivity (Wildman–Crippen MR) is 106 cm³/mol. The number of likely N-dealkylation sites (N-methyl/N-ethyl adjacent to an activating group) is 1. The Labute approximate surface area is 154 Å². The van der Waals surface area contributed by atoms with Crippen LogP contribution in [-0.2, 0) is 4.79 Å². The van der Waals surface area contributed by atoms with Gasteiger partial charge in [-0.25, -0.2) is 4.68 Å². The summed E-state index contributed by atoms with van der Waals surface area (Å²) >= 11 is 0. The number of hydrogen-bond acceptors (Lipinski definition) is 2. The maximum Gasteiger partial charge on any atom is 0.246 e. The van der Waals surface area contributed by atoms with Crippen molar-refractivity contribution in [1.29, 1.82) is 0 Å². The zero-order chi connectivity index (χ0) is 18.4. The Kier molecular flexibility index (Phi) is 5.64. The standard InChI is InChI=1S/C22H23N3O/c1-3-24(4-2)21(26)16-15-19-17-25(20-13-9-6-10-14-20)23-22(19)18-11-7-5-8-12-18/h5-17H,3-4H2,1-2H3/b16-15+. The van der Waals surface area contributed by atoms with Crippen molar-refractivity contribution in [3.8, 4) is 16.9 Å². The summed E-state index contributed by atoms with van der Waals surface area (Å²) in [7, 11) is 0. The molecule has 1 heterocycles. The first-order valence-corrected chi connectivity index (χ1v) is 8.90. The molecule has 0 bridgehead atoms. The third-order valence-electron chi connectivity index (χ3n) is 4.29. The van der Waals surface area contributed by atoms with Gasteiger partial charge in [-0.1, -0.05) is 48.5 Å². The van der Waals surface area contributed by atoms with Crippen LogP contribution in [0.3, 0.4) is 0 Å². The van der Waals surface area contributed by atoms with E-state index in [-0.39, 0.29) is 5.91 Å². The highest BCUT2D eigenvalue weighted by Crippen LogP contribution is 2.24. The molecule has 0 N–H and O–H groups in total. The summed E-state index contributed by atoms with van der Waals surface area (Å²) < 4.78 is 1.85. The lowest BCUT2D eigenvalue weighted by molar-refractivity contribution is -0.125. The molecule has 2 aromatic carbocycles. The van der Waals surface area contributed by atoms with Crippen molar-refractivity contribution in [3.05, 3.63) is 78.5 Å². The van der Waals surface area contributed by atoms with E-state index in [0.717, 1.165) is 22.5 Å². The highest BCUT2D eigenvalue weighted by Gasteiger charge is 2.11. The number of carbonyl (C=O) groups excluding carboxylic acids is 1. The molecule has 0 atom stereocenters. The first-order chi connectivity index (χ1) is 12.7. The molecule has 4 nitrogen and oxygen atoms in total. The Bertz CT molecular complexity index is 878. The zero-order valence-corrected chi connectivity index (χ0v) is 15.2. The molecule has 0 spiro atoms. The number of aromatic nitrogens is 2. The van der Waals surface area contributed by atoms with Crippen LogP contribution in [0.1, 0.15) is 19.4 Å². The molecule has 3 rings (SSSR count). The second kappa shape index (κ2) is 8.30. The van der Waals surface area contributed by atoms with Crippen molar-refractivity contribution >= 4 is 12.0 Å². The normalized spacial score (nSPS) is 11.0. The predicted octanol–water partition coefficient (Wildman–Crippen LogP) is 4.42. The van der Waals surface area contributed by atoms with Crippen LogP contribution >= 0.6 is 0 Å². The number of para-hydroxylation sites is 1. The van der Waals surface area contributed by atoms with Crippen molar-refractivity contribution in [2.75, 3.05) is 13.1 Å². The number of nitrogens with zero attached hydrogens (tertiary/aromatic N) is 3. The van der Waals surface area contributed by atoms with Gasteiger partial charge in [0.15, 0.2) is 0 Å². The summed E-state index contributed by atoms with van der Waals surface area (Å²) in [5, 5.41) is 4.75. The van der Waals surface area contributed by atoms with Gasteiger partial charge in [0.25, 0.3) is 0 Å². The summed E-state index contributed by atoms with van der Waals surface area (Å²) in [6.07, 6.45) is 5.45. The van der Waals surface area contributed by atoms with Gasteiger partial charge in [-0.15, -0.1) is 0 Å². The molecule has 0 saturated heterocycles. The molecule has 4 heteroatoms. The second-order valence-corrected chi connectivity index (χ2v) is 5.92. The van der Waals surface area contributed by atoms with E-state index in [1.165, 1.54) is 0 Å². The fraction of sp³-hybridized carbons (Fsp3) is 0.182. The molecule has 0 saturated carbocycles. The number of benzene rings is 2. The Hall–Kier alpha value is -3.14. The summed E-state index contributed by atoms with van der Waals surface area (Å²) in [6.45, 7) is 5.37. The minimum atomic E-state index is 0.0153. The van der Waals surface area contributed by atoms with Crippen molar-refractivity contribution in [2.24, 2.45) is 0 Å². The Morgan fingerprint density at radius 2 is 1.62 bits per heavy atom. The zero-order valence-electron chi connectivity index (χ0n) is 15.2. The molecule has 132 valence electrons. The van der Waals surface area contributed by atoms with Gasteiger partial charge in [-0.3, -0.25) is 4.79 Å². The van der Waals surface area contributed by atoms with Crippen LogP contribution in [0.4, 0.5) is 0 Å². The first-order valence-electron chi connectivity index (χ1n) is 8.90. The van der Waals surface area contributed by atoms with Gasteiger partial charge in [-0.2, -0.15) is 5.10 Å². The monoisotopic (exact) mass is 345 g/mol. The maximum atomic E-state index is 12.3. The van der Waals surface area contributed by atoms with Gasteiger partial charge in [0.05, 0.1) is 11.4 Å². The number of hydrogen-bond donors (Lipinski definition) is 0. The van der Waals surface area contributed by atoms with Crippen LogP contribution in [0.2, 0.25) is 0 Å². The first kappa shape index (κ1) is 17.7. The number of rotatable bonds is 6. The highest BCUT2D eigenvalue weighted by molar-refractivity contribution is 5.92. The molecule has 0 unspecified atom stereocenters. The molecule has 1 aromatic heterocycles. The van der Waals surface area contributed by atoms with Crippen LogP contribution in [0.5, 0.6) is 0 Å². The van der Waals surface area contributed by atoms with Gasteiger partial charge in [0.1, 0.15) is 0 Å². The van der Waals surface area contributed by atoms with Crippen LogP contribution in [0.15, 0.2) is 72.9 Å². The van der Waals surface area contributed by atoms with E-state index >= 15 is 0 Å². The number of carbonyl (C=O) groups is 1. The minimum absolute atomic E-state index is 0.0153.